The monoisotopic (exact) mass is 345 g/mol. The van der Waals surface area contributed by atoms with E-state index < -0.39 is 0 Å². The van der Waals surface area contributed by atoms with Gasteiger partial charge in [0.2, 0.25) is 0 Å². The lowest BCUT2D eigenvalue weighted by molar-refractivity contribution is 0.518. The first kappa shape index (κ1) is 15.9. The molecule has 1 atom stereocenters. The fourth-order valence-corrected chi connectivity index (χ4v) is 3.86. The number of nitrogens with zero attached hydrogens (tertiary/aromatic N) is 1. The van der Waals surface area contributed by atoms with Gasteiger partial charge in [0.25, 0.3) is 0 Å². The van der Waals surface area contributed by atoms with Gasteiger partial charge in [0.1, 0.15) is 10.9 Å². The Morgan fingerprint density at radius 2 is 2.39 bits per heavy atom. The van der Waals surface area contributed by atoms with Gasteiger partial charge in [-0.15, -0.1) is 17.8 Å². The van der Waals surface area contributed by atoms with E-state index in [0.29, 0.717) is 18.1 Å². The zero-order valence-electron chi connectivity index (χ0n) is 12.6. The van der Waals surface area contributed by atoms with E-state index in [1.165, 1.54) is 0 Å². The third-order valence-corrected chi connectivity index (χ3v) is 5.12. The maximum absolute atomic E-state index is 6.17. The molecule has 0 aliphatic rings. The van der Waals surface area contributed by atoms with E-state index in [-0.39, 0.29) is 6.04 Å². The normalized spacial score (nSPS) is 12.3. The van der Waals surface area contributed by atoms with Crippen molar-refractivity contribution in [3.63, 3.8) is 0 Å². The minimum atomic E-state index is -0.295. The van der Waals surface area contributed by atoms with Gasteiger partial charge in [-0.2, -0.15) is 0 Å². The van der Waals surface area contributed by atoms with Crippen molar-refractivity contribution in [2.24, 2.45) is 5.73 Å². The van der Waals surface area contributed by atoms with Crippen molar-refractivity contribution < 1.29 is 4.42 Å². The van der Waals surface area contributed by atoms with E-state index >= 15 is 0 Å². The molecule has 0 saturated heterocycles. The summed E-state index contributed by atoms with van der Waals surface area (Å²) in [5.74, 6) is 3.42. The molecule has 0 aromatic carbocycles. The summed E-state index contributed by atoms with van der Waals surface area (Å²) in [4.78, 5) is 5.59. The van der Waals surface area contributed by atoms with Gasteiger partial charge in [0, 0.05) is 17.4 Å². The predicted octanol–water partition coefficient (Wildman–Crippen LogP) is 3.97. The second-order valence-electron chi connectivity index (χ2n) is 5.23. The number of halogens is 1. The number of thiophene rings is 1. The van der Waals surface area contributed by atoms with Crippen molar-refractivity contribution in [2.45, 2.75) is 25.9 Å². The Kier molecular flexibility index (Phi) is 4.58. The molecule has 0 bridgehead atoms. The van der Waals surface area contributed by atoms with E-state index in [4.69, 9.17) is 28.2 Å². The van der Waals surface area contributed by atoms with Crippen LogP contribution in [0, 0.1) is 19.3 Å². The SMILES string of the molecule is C#C[C@H](N)Cc1sc2c(NCc3ccco3)cc(Cl)nc2c1C. The summed E-state index contributed by atoms with van der Waals surface area (Å²) in [6.45, 7) is 2.61. The third-order valence-electron chi connectivity index (χ3n) is 3.59. The second kappa shape index (κ2) is 6.63. The first-order valence-corrected chi connectivity index (χ1v) is 8.34. The number of pyridine rings is 1. The molecule has 23 heavy (non-hydrogen) atoms. The number of aryl methyl sites for hydroxylation is 1. The number of hydrogen-bond donors (Lipinski definition) is 2. The molecule has 3 heterocycles. The zero-order valence-corrected chi connectivity index (χ0v) is 14.2. The number of terminal acetylenes is 1. The smallest absolute Gasteiger partial charge is 0.131 e. The van der Waals surface area contributed by atoms with Gasteiger partial charge in [-0.1, -0.05) is 17.5 Å². The molecule has 6 heteroatoms. The van der Waals surface area contributed by atoms with Crippen LogP contribution >= 0.6 is 22.9 Å². The van der Waals surface area contributed by atoms with Crippen molar-refractivity contribution in [2.75, 3.05) is 5.32 Å². The zero-order chi connectivity index (χ0) is 16.4. The maximum Gasteiger partial charge on any atom is 0.131 e. The predicted molar refractivity (Wildman–Crippen MR) is 95.9 cm³/mol. The highest BCUT2D eigenvalue weighted by atomic mass is 35.5. The van der Waals surface area contributed by atoms with Gasteiger partial charge in [0.05, 0.1) is 34.8 Å². The molecule has 0 radical (unpaired) electrons. The fourth-order valence-electron chi connectivity index (χ4n) is 2.37. The lowest BCUT2D eigenvalue weighted by Gasteiger charge is -2.06. The minimum absolute atomic E-state index is 0.295. The summed E-state index contributed by atoms with van der Waals surface area (Å²) in [5.41, 5.74) is 8.79. The lowest BCUT2D eigenvalue weighted by atomic mass is 10.1. The molecule has 0 aliphatic heterocycles. The van der Waals surface area contributed by atoms with Crippen molar-refractivity contribution in [3.8, 4) is 12.3 Å². The Bertz CT molecular complexity index is 864. The average molecular weight is 346 g/mol. The van der Waals surface area contributed by atoms with Gasteiger partial charge in [-0.25, -0.2) is 4.98 Å². The van der Waals surface area contributed by atoms with Crippen molar-refractivity contribution in [1.82, 2.24) is 4.98 Å². The first-order chi connectivity index (χ1) is 11.1. The van der Waals surface area contributed by atoms with Crippen LogP contribution in [0.4, 0.5) is 5.69 Å². The van der Waals surface area contributed by atoms with Crippen molar-refractivity contribution in [1.29, 1.82) is 0 Å². The average Bonchev–Trinajstić information content (AvgIpc) is 3.15. The van der Waals surface area contributed by atoms with E-state index in [2.05, 4.69) is 16.2 Å². The molecular formula is C17H16ClN3OS. The molecule has 0 unspecified atom stereocenters. The molecular weight excluding hydrogens is 330 g/mol. The summed E-state index contributed by atoms with van der Waals surface area (Å²) in [6, 6.07) is 5.31. The van der Waals surface area contributed by atoms with Crippen LogP contribution in [-0.4, -0.2) is 11.0 Å². The molecule has 3 rings (SSSR count). The number of nitrogens with one attached hydrogen (secondary N) is 1. The number of hydrogen-bond acceptors (Lipinski definition) is 5. The summed E-state index contributed by atoms with van der Waals surface area (Å²) in [5, 5.41) is 3.81. The van der Waals surface area contributed by atoms with E-state index in [1.807, 2.05) is 25.1 Å². The summed E-state index contributed by atoms with van der Waals surface area (Å²) >= 11 is 7.82. The molecule has 4 nitrogen and oxygen atoms in total. The van der Waals surface area contributed by atoms with Gasteiger partial charge in [-0.3, -0.25) is 0 Å². The standard InChI is InChI=1S/C17H16ClN3OS/c1-3-11(19)7-14-10(2)16-17(23-14)13(8-15(18)21-16)20-9-12-5-4-6-22-12/h1,4-6,8,11H,7,9,19H2,2H3,(H,20,21)/t11-/m0/s1. The minimum Gasteiger partial charge on any atom is -0.467 e. The Hall–Kier alpha value is -2.00. The van der Waals surface area contributed by atoms with Gasteiger partial charge in [-0.05, 0) is 24.6 Å². The molecule has 0 spiro atoms. The number of anilines is 1. The number of rotatable bonds is 5. The van der Waals surface area contributed by atoms with E-state index in [9.17, 15) is 0 Å². The van der Waals surface area contributed by atoms with Gasteiger partial charge < -0.3 is 15.5 Å². The van der Waals surface area contributed by atoms with Crippen LogP contribution in [0.15, 0.2) is 28.9 Å². The van der Waals surface area contributed by atoms with E-state index in [1.54, 1.807) is 17.6 Å². The van der Waals surface area contributed by atoms with Crippen LogP contribution < -0.4 is 11.1 Å². The highest BCUT2D eigenvalue weighted by Crippen LogP contribution is 2.37. The number of aromatic nitrogens is 1. The highest BCUT2D eigenvalue weighted by molar-refractivity contribution is 7.19. The lowest BCUT2D eigenvalue weighted by Crippen LogP contribution is -2.19. The number of fused-ring (bicyclic) bond motifs is 1. The number of furan rings is 1. The second-order valence-corrected chi connectivity index (χ2v) is 6.72. The topological polar surface area (TPSA) is 64.1 Å². The van der Waals surface area contributed by atoms with Gasteiger partial charge >= 0.3 is 0 Å². The van der Waals surface area contributed by atoms with Gasteiger partial charge in [0.15, 0.2) is 0 Å². The molecule has 0 amide bonds. The van der Waals surface area contributed by atoms with Crippen LogP contribution in [0.1, 0.15) is 16.2 Å². The molecule has 0 fully saturated rings. The summed E-state index contributed by atoms with van der Waals surface area (Å²) in [7, 11) is 0. The quantitative estimate of drug-likeness (QED) is 0.542. The Morgan fingerprint density at radius 3 is 3.09 bits per heavy atom. The first-order valence-electron chi connectivity index (χ1n) is 7.15. The fraction of sp³-hybridized carbons (Fsp3) is 0.235. The Labute approximate surface area is 143 Å². The van der Waals surface area contributed by atoms with Crippen LogP contribution in [0.3, 0.4) is 0 Å². The van der Waals surface area contributed by atoms with Crippen LogP contribution in [-0.2, 0) is 13.0 Å². The number of nitrogens with two attached hydrogens (primary N) is 1. The summed E-state index contributed by atoms with van der Waals surface area (Å²) in [6.07, 6.45) is 7.68. The third kappa shape index (κ3) is 3.35. The molecule has 3 N–H and O–H groups in total. The molecule has 3 aromatic rings. The molecule has 118 valence electrons. The Morgan fingerprint density at radius 1 is 1.57 bits per heavy atom. The van der Waals surface area contributed by atoms with Crippen LogP contribution in [0.2, 0.25) is 5.15 Å². The largest absolute Gasteiger partial charge is 0.467 e. The molecule has 0 saturated carbocycles. The van der Waals surface area contributed by atoms with Crippen molar-refractivity contribution in [3.05, 3.63) is 45.8 Å². The molecule has 0 aliphatic carbocycles. The van der Waals surface area contributed by atoms with E-state index in [0.717, 1.165) is 32.1 Å². The molecule has 3 aromatic heterocycles. The van der Waals surface area contributed by atoms with Crippen LogP contribution in [0.5, 0.6) is 0 Å². The maximum atomic E-state index is 6.17. The summed E-state index contributed by atoms with van der Waals surface area (Å²) < 4.78 is 6.40. The van der Waals surface area contributed by atoms with Crippen LogP contribution in [0.25, 0.3) is 10.2 Å². The Balaban J connectivity index is 1.97. The van der Waals surface area contributed by atoms with Crippen molar-refractivity contribution >= 4 is 38.8 Å². The highest BCUT2D eigenvalue weighted by Gasteiger charge is 2.16.